The molecule has 0 aliphatic heterocycles. The number of hydrogen-bond donors (Lipinski definition) is 2. The van der Waals surface area contributed by atoms with Crippen molar-refractivity contribution < 1.29 is 13.2 Å². The van der Waals surface area contributed by atoms with Crippen molar-refractivity contribution >= 4 is 21.4 Å². The SMILES string of the molecule is CCCC[C@H](N)C(=O)Nc1ccccc1S(=O)(=O)CC. The molecule has 0 aromatic heterocycles. The molecule has 0 unspecified atom stereocenters. The number of benzene rings is 1. The molecule has 1 atom stereocenters. The van der Waals surface area contributed by atoms with Crippen molar-refractivity contribution in [3.8, 4) is 0 Å². The van der Waals surface area contributed by atoms with E-state index in [2.05, 4.69) is 5.32 Å². The van der Waals surface area contributed by atoms with Crippen LogP contribution in [0.2, 0.25) is 0 Å². The molecule has 1 rings (SSSR count). The smallest absolute Gasteiger partial charge is 0.241 e. The van der Waals surface area contributed by atoms with Crippen molar-refractivity contribution in [3.63, 3.8) is 0 Å². The fourth-order valence-corrected chi connectivity index (χ4v) is 2.83. The van der Waals surface area contributed by atoms with E-state index in [9.17, 15) is 13.2 Å². The fourth-order valence-electron chi connectivity index (χ4n) is 1.78. The van der Waals surface area contributed by atoms with Crippen LogP contribution in [0.5, 0.6) is 0 Å². The summed E-state index contributed by atoms with van der Waals surface area (Å²) in [6, 6.07) is 5.77. The van der Waals surface area contributed by atoms with E-state index in [0.29, 0.717) is 12.1 Å². The standard InChI is InChI=1S/C14H22N2O3S/c1-3-5-8-11(15)14(17)16-12-9-6-7-10-13(12)20(18,19)4-2/h6-7,9-11H,3-5,8,15H2,1-2H3,(H,16,17)/t11-/m0/s1. The second-order valence-corrected chi connectivity index (χ2v) is 6.88. The number of nitrogens with one attached hydrogen (secondary N) is 1. The monoisotopic (exact) mass is 298 g/mol. The Kier molecular flexibility index (Phi) is 6.16. The molecule has 0 heterocycles. The number of carbonyl (C=O) groups is 1. The van der Waals surface area contributed by atoms with Gasteiger partial charge in [-0.15, -0.1) is 0 Å². The van der Waals surface area contributed by atoms with E-state index in [4.69, 9.17) is 5.73 Å². The van der Waals surface area contributed by atoms with Crippen LogP contribution in [0, 0.1) is 0 Å². The van der Waals surface area contributed by atoms with Gasteiger partial charge in [-0.2, -0.15) is 0 Å². The molecule has 1 amide bonds. The van der Waals surface area contributed by atoms with Gasteiger partial charge in [0, 0.05) is 0 Å². The third kappa shape index (κ3) is 4.31. The summed E-state index contributed by atoms with van der Waals surface area (Å²) in [5.74, 6) is -0.362. The van der Waals surface area contributed by atoms with E-state index in [-0.39, 0.29) is 16.6 Å². The van der Waals surface area contributed by atoms with Crippen LogP contribution in [0.25, 0.3) is 0 Å². The lowest BCUT2D eigenvalue weighted by Gasteiger charge is -2.14. The minimum atomic E-state index is -3.37. The lowest BCUT2D eigenvalue weighted by atomic mass is 10.1. The number of unbranched alkanes of at least 4 members (excludes halogenated alkanes) is 1. The highest BCUT2D eigenvalue weighted by Gasteiger charge is 2.19. The first-order chi connectivity index (χ1) is 9.42. The van der Waals surface area contributed by atoms with Gasteiger partial charge in [-0.25, -0.2) is 8.42 Å². The lowest BCUT2D eigenvalue weighted by molar-refractivity contribution is -0.117. The highest BCUT2D eigenvalue weighted by molar-refractivity contribution is 7.91. The highest BCUT2D eigenvalue weighted by Crippen LogP contribution is 2.22. The third-order valence-electron chi connectivity index (χ3n) is 3.07. The first kappa shape index (κ1) is 16.7. The lowest BCUT2D eigenvalue weighted by Crippen LogP contribution is -2.35. The molecule has 0 saturated carbocycles. The van der Waals surface area contributed by atoms with Crippen molar-refractivity contribution in [2.45, 2.75) is 44.0 Å². The van der Waals surface area contributed by atoms with Crippen LogP contribution in [-0.2, 0) is 14.6 Å². The first-order valence-corrected chi connectivity index (χ1v) is 8.45. The molecule has 1 aromatic carbocycles. The average Bonchev–Trinajstić information content (AvgIpc) is 2.45. The Bertz CT molecular complexity index is 555. The molecule has 3 N–H and O–H groups in total. The quantitative estimate of drug-likeness (QED) is 0.805. The number of anilines is 1. The molecule has 20 heavy (non-hydrogen) atoms. The molecule has 1 aromatic rings. The maximum Gasteiger partial charge on any atom is 0.241 e. The first-order valence-electron chi connectivity index (χ1n) is 6.80. The second kappa shape index (κ2) is 7.40. The summed E-state index contributed by atoms with van der Waals surface area (Å²) in [6.45, 7) is 3.59. The predicted octanol–water partition coefficient (Wildman–Crippen LogP) is 1.94. The normalized spacial score (nSPS) is 12.9. The highest BCUT2D eigenvalue weighted by atomic mass is 32.2. The molecule has 0 saturated heterocycles. The van der Waals surface area contributed by atoms with Gasteiger partial charge in [-0.3, -0.25) is 4.79 Å². The van der Waals surface area contributed by atoms with E-state index in [1.54, 1.807) is 25.1 Å². The van der Waals surface area contributed by atoms with Crippen molar-refractivity contribution in [1.82, 2.24) is 0 Å². The Morgan fingerprint density at radius 2 is 1.95 bits per heavy atom. The molecule has 0 spiro atoms. The van der Waals surface area contributed by atoms with E-state index in [1.165, 1.54) is 6.07 Å². The molecule has 112 valence electrons. The van der Waals surface area contributed by atoms with Crippen molar-refractivity contribution in [1.29, 1.82) is 0 Å². The summed E-state index contributed by atoms with van der Waals surface area (Å²) >= 11 is 0. The van der Waals surface area contributed by atoms with Crippen LogP contribution in [0.3, 0.4) is 0 Å². The number of carbonyl (C=O) groups excluding carboxylic acids is 1. The summed E-state index contributed by atoms with van der Waals surface area (Å²) in [6.07, 6.45) is 2.41. The largest absolute Gasteiger partial charge is 0.324 e. The van der Waals surface area contributed by atoms with Gasteiger partial charge in [0.15, 0.2) is 9.84 Å². The molecule has 0 fully saturated rings. The molecular weight excluding hydrogens is 276 g/mol. The number of sulfone groups is 1. The zero-order valence-electron chi connectivity index (χ0n) is 11.9. The Morgan fingerprint density at radius 1 is 1.30 bits per heavy atom. The molecule has 0 radical (unpaired) electrons. The van der Waals surface area contributed by atoms with Crippen LogP contribution in [0.1, 0.15) is 33.1 Å². The molecule has 0 aliphatic carbocycles. The summed E-state index contributed by atoms with van der Waals surface area (Å²) in [4.78, 5) is 12.1. The summed E-state index contributed by atoms with van der Waals surface area (Å²) < 4.78 is 23.9. The zero-order valence-corrected chi connectivity index (χ0v) is 12.7. The van der Waals surface area contributed by atoms with E-state index < -0.39 is 15.9 Å². The minimum absolute atomic E-state index is 0.0121. The van der Waals surface area contributed by atoms with Gasteiger partial charge in [-0.05, 0) is 18.6 Å². The number of nitrogens with two attached hydrogens (primary N) is 1. The molecule has 6 heteroatoms. The number of rotatable bonds is 7. The van der Waals surface area contributed by atoms with E-state index >= 15 is 0 Å². The summed E-state index contributed by atoms with van der Waals surface area (Å²) in [7, 11) is -3.37. The maximum absolute atomic E-state index is 12.0. The second-order valence-electron chi connectivity index (χ2n) is 4.64. The van der Waals surface area contributed by atoms with Crippen LogP contribution >= 0.6 is 0 Å². The van der Waals surface area contributed by atoms with Crippen LogP contribution in [0.15, 0.2) is 29.2 Å². The average molecular weight is 298 g/mol. The summed E-state index contributed by atoms with van der Waals surface area (Å²) in [5.41, 5.74) is 6.08. The van der Waals surface area contributed by atoms with Crippen LogP contribution < -0.4 is 11.1 Å². The zero-order chi connectivity index (χ0) is 15.2. The molecule has 5 nitrogen and oxygen atoms in total. The third-order valence-corrected chi connectivity index (χ3v) is 4.85. The topological polar surface area (TPSA) is 89.3 Å². The van der Waals surface area contributed by atoms with Gasteiger partial charge in [0.25, 0.3) is 0 Å². The molecule has 0 bridgehead atoms. The molecular formula is C14H22N2O3S. The van der Waals surface area contributed by atoms with Crippen molar-refractivity contribution in [2.75, 3.05) is 11.1 Å². The van der Waals surface area contributed by atoms with Gasteiger partial charge < -0.3 is 11.1 Å². The molecule has 0 aliphatic rings. The number of para-hydroxylation sites is 1. The maximum atomic E-state index is 12.0. The van der Waals surface area contributed by atoms with Gasteiger partial charge in [0.2, 0.25) is 5.91 Å². The van der Waals surface area contributed by atoms with Gasteiger partial charge in [0.1, 0.15) is 0 Å². The summed E-state index contributed by atoms with van der Waals surface area (Å²) in [5, 5.41) is 2.62. The van der Waals surface area contributed by atoms with Crippen LogP contribution in [0.4, 0.5) is 5.69 Å². The Morgan fingerprint density at radius 3 is 2.55 bits per heavy atom. The van der Waals surface area contributed by atoms with Crippen LogP contribution in [-0.4, -0.2) is 26.1 Å². The number of amides is 1. The Balaban J connectivity index is 2.91. The van der Waals surface area contributed by atoms with Gasteiger partial charge >= 0.3 is 0 Å². The van der Waals surface area contributed by atoms with E-state index in [0.717, 1.165) is 12.8 Å². The fraction of sp³-hybridized carbons (Fsp3) is 0.500. The van der Waals surface area contributed by atoms with Gasteiger partial charge in [0.05, 0.1) is 22.4 Å². The predicted molar refractivity (Wildman–Crippen MR) is 80.3 cm³/mol. The van der Waals surface area contributed by atoms with Crippen molar-refractivity contribution in [2.24, 2.45) is 5.73 Å². The minimum Gasteiger partial charge on any atom is -0.324 e. The Labute approximate surface area is 120 Å². The van der Waals surface area contributed by atoms with E-state index in [1.807, 2.05) is 6.92 Å². The van der Waals surface area contributed by atoms with Crippen molar-refractivity contribution in [3.05, 3.63) is 24.3 Å². The number of hydrogen-bond acceptors (Lipinski definition) is 4. The Hall–Kier alpha value is -1.40. The van der Waals surface area contributed by atoms with Gasteiger partial charge in [-0.1, -0.05) is 38.8 Å².